The van der Waals surface area contributed by atoms with Gasteiger partial charge in [0.2, 0.25) is 0 Å². The summed E-state index contributed by atoms with van der Waals surface area (Å²) in [5, 5.41) is 22.9. The quantitative estimate of drug-likeness (QED) is 0.407. The first-order valence-corrected chi connectivity index (χ1v) is 13.5. The molecule has 2 saturated heterocycles. The van der Waals surface area contributed by atoms with Gasteiger partial charge in [0.1, 0.15) is 11.7 Å². The number of hydrogen-bond donors (Lipinski definition) is 4. The van der Waals surface area contributed by atoms with Crippen LogP contribution in [0.1, 0.15) is 54.1 Å². The molecular formula is C30H38N4O7. The van der Waals surface area contributed by atoms with Crippen molar-refractivity contribution in [2.24, 2.45) is 9.98 Å². The van der Waals surface area contributed by atoms with Gasteiger partial charge >= 0.3 is 11.9 Å². The predicted molar refractivity (Wildman–Crippen MR) is 154 cm³/mol. The Kier molecular flexibility index (Phi) is 9.42. The van der Waals surface area contributed by atoms with Crippen LogP contribution in [0.15, 0.2) is 34.3 Å². The molecule has 0 aromatic heterocycles. The standard InChI is InChI=1S/C15H18N2O3.C14H16N2O3.CH4O/c1-8-4-9(2)11(15(18)19-3)5-10(8)14-16-12-6-20-7-13(12)17-14;1-7-3-8(2)10(14(17)18)4-9(7)13-15-11-5-19-6-12(11)16-13;1-2/h4-5,12-13H,6-7H2,1-3H3,(H,16,17);3-4,11-12H,5-6H2,1-2H3,(H,15,16)(H,17,18);2H,1H3. The topological polar surface area (TPSA) is 151 Å². The third-order valence-corrected chi connectivity index (χ3v) is 7.62. The number of benzene rings is 2. The summed E-state index contributed by atoms with van der Waals surface area (Å²) < 4.78 is 15.6. The normalized spacial score (nSPS) is 23.4. The smallest absolute Gasteiger partial charge is 0.338 e. The van der Waals surface area contributed by atoms with Crippen LogP contribution in [-0.2, 0) is 14.2 Å². The number of carboxylic acids is 1. The van der Waals surface area contributed by atoms with Crippen molar-refractivity contribution in [2.75, 3.05) is 40.6 Å². The molecule has 2 fully saturated rings. The maximum atomic E-state index is 11.8. The van der Waals surface area contributed by atoms with E-state index in [1.807, 2.05) is 45.9 Å². The van der Waals surface area contributed by atoms with Crippen LogP contribution in [0.25, 0.3) is 0 Å². The molecule has 4 aliphatic rings. The highest BCUT2D eigenvalue weighted by atomic mass is 16.5. The average Bonchev–Trinajstić information content (AvgIpc) is 3.71. The molecule has 4 aliphatic heterocycles. The van der Waals surface area contributed by atoms with Crippen LogP contribution in [0.4, 0.5) is 0 Å². The molecule has 6 rings (SSSR count). The zero-order valence-corrected chi connectivity index (χ0v) is 24.3. The fourth-order valence-electron chi connectivity index (χ4n) is 5.44. The molecule has 4 atom stereocenters. The number of carbonyl (C=O) groups excluding carboxylic acids is 1. The third kappa shape index (κ3) is 6.27. The summed E-state index contributed by atoms with van der Waals surface area (Å²) in [6, 6.07) is 8.29. The lowest BCUT2D eigenvalue weighted by atomic mass is 9.99. The summed E-state index contributed by atoms with van der Waals surface area (Å²) in [4.78, 5) is 32.3. The number of hydrogen-bond acceptors (Lipinski definition) is 10. The van der Waals surface area contributed by atoms with Gasteiger partial charge in [0.05, 0.1) is 68.8 Å². The van der Waals surface area contributed by atoms with Crippen molar-refractivity contribution in [1.29, 1.82) is 0 Å². The van der Waals surface area contributed by atoms with E-state index in [1.165, 1.54) is 7.11 Å². The molecule has 4 heterocycles. The van der Waals surface area contributed by atoms with Gasteiger partial charge in [-0.05, 0) is 62.1 Å². The molecule has 0 amide bonds. The second kappa shape index (κ2) is 12.8. The zero-order valence-electron chi connectivity index (χ0n) is 24.3. The van der Waals surface area contributed by atoms with Crippen molar-refractivity contribution in [2.45, 2.75) is 51.9 Å². The number of ether oxygens (including phenoxy) is 3. The van der Waals surface area contributed by atoms with Crippen LogP contribution in [0.5, 0.6) is 0 Å². The summed E-state index contributed by atoms with van der Waals surface area (Å²) >= 11 is 0. The largest absolute Gasteiger partial charge is 0.478 e. The number of rotatable bonds is 4. The highest BCUT2D eigenvalue weighted by Crippen LogP contribution is 2.24. The van der Waals surface area contributed by atoms with Crippen molar-refractivity contribution >= 4 is 23.6 Å². The van der Waals surface area contributed by atoms with Gasteiger partial charge in [-0.1, -0.05) is 12.1 Å². The van der Waals surface area contributed by atoms with Crippen molar-refractivity contribution < 1.29 is 34.0 Å². The van der Waals surface area contributed by atoms with E-state index >= 15 is 0 Å². The molecule has 0 radical (unpaired) electrons. The average molecular weight is 567 g/mol. The number of aliphatic hydroxyl groups is 1. The minimum atomic E-state index is -0.902. The summed E-state index contributed by atoms with van der Waals surface area (Å²) in [5.74, 6) is 0.427. The number of carboxylic acid groups (broad SMARTS) is 1. The molecule has 2 aromatic rings. The van der Waals surface area contributed by atoms with Gasteiger partial charge < -0.3 is 35.1 Å². The van der Waals surface area contributed by atoms with E-state index in [4.69, 9.17) is 19.3 Å². The second-order valence-electron chi connectivity index (χ2n) is 10.4. The molecule has 220 valence electrons. The van der Waals surface area contributed by atoms with Crippen LogP contribution in [-0.4, -0.2) is 98.6 Å². The van der Waals surface area contributed by atoms with Crippen molar-refractivity contribution in [3.05, 3.63) is 68.8 Å². The van der Waals surface area contributed by atoms with Crippen molar-refractivity contribution in [1.82, 2.24) is 10.6 Å². The molecule has 4 N–H and O–H groups in total. The fraction of sp³-hybridized carbons (Fsp3) is 0.467. The number of aromatic carboxylic acids is 1. The number of nitrogens with one attached hydrogen (secondary N) is 2. The molecule has 4 unspecified atom stereocenters. The number of carbonyl (C=O) groups is 2. The van der Waals surface area contributed by atoms with E-state index in [1.54, 1.807) is 6.07 Å². The van der Waals surface area contributed by atoms with Gasteiger partial charge in [-0.25, -0.2) is 9.59 Å². The van der Waals surface area contributed by atoms with E-state index in [0.29, 0.717) is 37.6 Å². The molecule has 2 aromatic carbocycles. The number of aliphatic hydroxyl groups excluding tert-OH is 1. The molecule has 0 saturated carbocycles. The van der Waals surface area contributed by atoms with Crippen LogP contribution < -0.4 is 10.6 Å². The Morgan fingerprint density at radius 3 is 1.61 bits per heavy atom. The molecule has 0 spiro atoms. The Morgan fingerprint density at radius 1 is 0.756 bits per heavy atom. The molecule has 11 nitrogen and oxygen atoms in total. The molecule has 0 aliphatic carbocycles. The summed E-state index contributed by atoms with van der Waals surface area (Å²) in [6.07, 6.45) is 0. The Balaban J connectivity index is 0.000000178. The number of aryl methyl sites for hydroxylation is 4. The van der Waals surface area contributed by atoms with E-state index in [2.05, 4.69) is 20.6 Å². The Bertz CT molecular complexity index is 1390. The molecule has 11 heteroatoms. The van der Waals surface area contributed by atoms with Gasteiger partial charge in [-0.3, -0.25) is 9.98 Å². The highest BCUT2D eigenvalue weighted by Gasteiger charge is 2.36. The first-order valence-electron chi connectivity index (χ1n) is 13.5. The van der Waals surface area contributed by atoms with Gasteiger partial charge in [0.15, 0.2) is 0 Å². The fourth-order valence-corrected chi connectivity index (χ4v) is 5.44. The lowest BCUT2D eigenvalue weighted by molar-refractivity contribution is 0.0599. The third-order valence-electron chi connectivity index (χ3n) is 7.62. The lowest BCUT2D eigenvalue weighted by Crippen LogP contribution is -2.34. The maximum absolute atomic E-state index is 11.8. The predicted octanol–water partition coefficient (Wildman–Crippen LogP) is 1.93. The van der Waals surface area contributed by atoms with Gasteiger partial charge in [0, 0.05) is 18.2 Å². The van der Waals surface area contributed by atoms with Crippen molar-refractivity contribution in [3.63, 3.8) is 0 Å². The summed E-state index contributed by atoms with van der Waals surface area (Å²) in [7, 11) is 2.40. The maximum Gasteiger partial charge on any atom is 0.338 e. The summed E-state index contributed by atoms with van der Waals surface area (Å²) in [5.41, 5.74) is 6.58. The number of aliphatic imine (C=N–C) groups is 2. The zero-order chi connectivity index (χ0) is 29.8. The van der Waals surface area contributed by atoms with Crippen LogP contribution >= 0.6 is 0 Å². The molecular weight excluding hydrogens is 528 g/mol. The summed E-state index contributed by atoms with van der Waals surface area (Å²) in [6.45, 7) is 10.4. The Labute approximate surface area is 239 Å². The van der Waals surface area contributed by atoms with Crippen LogP contribution in [0, 0.1) is 27.7 Å². The van der Waals surface area contributed by atoms with Gasteiger partial charge in [0.25, 0.3) is 0 Å². The van der Waals surface area contributed by atoms with Crippen LogP contribution in [0.2, 0.25) is 0 Å². The molecule has 41 heavy (non-hydrogen) atoms. The monoisotopic (exact) mass is 566 g/mol. The van der Waals surface area contributed by atoms with E-state index in [0.717, 1.165) is 52.2 Å². The number of methoxy groups -OCH3 is 1. The van der Waals surface area contributed by atoms with E-state index in [9.17, 15) is 14.7 Å². The van der Waals surface area contributed by atoms with Crippen LogP contribution in [0.3, 0.4) is 0 Å². The Morgan fingerprint density at radius 2 is 1.20 bits per heavy atom. The first-order chi connectivity index (χ1) is 19.7. The van der Waals surface area contributed by atoms with Gasteiger partial charge in [-0.2, -0.15) is 0 Å². The minimum Gasteiger partial charge on any atom is -0.478 e. The van der Waals surface area contributed by atoms with Gasteiger partial charge in [-0.15, -0.1) is 0 Å². The van der Waals surface area contributed by atoms with Crippen molar-refractivity contribution in [3.8, 4) is 0 Å². The minimum absolute atomic E-state index is 0.156. The number of esters is 1. The molecule has 0 bridgehead atoms. The lowest BCUT2D eigenvalue weighted by Gasteiger charge is -2.13. The van der Waals surface area contributed by atoms with E-state index < -0.39 is 5.97 Å². The second-order valence-corrected chi connectivity index (χ2v) is 10.4. The Hall–Kier alpha value is -3.80. The first kappa shape index (κ1) is 30.2. The van der Waals surface area contributed by atoms with E-state index in [-0.39, 0.29) is 30.1 Å². The number of amidine groups is 2. The number of fused-ring (bicyclic) bond motifs is 2. The highest BCUT2D eigenvalue weighted by molar-refractivity contribution is 6.04. The number of nitrogens with zero attached hydrogens (tertiary/aromatic N) is 2. The SMILES string of the molecule is CO.COC(=O)c1cc(C2=NC3COCC3N2)c(C)cc1C.Cc1cc(C)c(C2=NC3COCC3N2)cc1C(=O)O.